The normalized spacial score (nSPS) is 17.2. The van der Waals surface area contributed by atoms with Crippen LogP contribution in [0.4, 0.5) is 0 Å². The minimum absolute atomic E-state index is 0.0496. The summed E-state index contributed by atoms with van der Waals surface area (Å²) in [6.07, 6.45) is 2.03. The van der Waals surface area contributed by atoms with Crippen molar-refractivity contribution in [3.8, 4) is 11.5 Å². The first-order valence-corrected chi connectivity index (χ1v) is 9.64. The zero-order valence-corrected chi connectivity index (χ0v) is 15.6. The molecule has 1 unspecified atom stereocenters. The van der Waals surface area contributed by atoms with E-state index in [1.54, 1.807) is 0 Å². The Morgan fingerprint density at radius 3 is 2.72 bits per heavy atom. The van der Waals surface area contributed by atoms with E-state index in [9.17, 15) is 4.79 Å². The van der Waals surface area contributed by atoms with Gasteiger partial charge in [-0.3, -0.25) is 4.79 Å². The van der Waals surface area contributed by atoms with Crippen LogP contribution in [0.5, 0.6) is 11.5 Å². The number of nitrogens with one attached hydrogen (secondary N) is 1. The number of hydrogen-bond donors (Lipinski definition) is 1. The minimum atomic E-state index is -0.139. The molecule has 29 heavy (non-hydrogen) atoms. The number of aromatic nitrogens is 1. The first-order chi connectivity index (χ1) is 14.3. The van der Waals surface area contributed by atoms with Crippen molar-refractivity contribution < 1.29 is 14.3 Å². The van der Waals surface area contributed by atoms with E-state index in [1.807, 2.05) is 59.6 Å². The van der Waals surface area contributed by atoms with Gasteiger partial charge in [0.05, 0.1) is 6.04 Å². The fourth-order valence-electron chi connectivity index (χ4n) is 4.42. The maximum Gasteiger partial charge on any atom is 0.255 e. The van der Waals surface area contributed by atoms with Crippen LogP contribution in [0.2, 0.25) is 0 Å². The van der Waals surface area contributed by atoms with Crippen molar-refractivity contribution in [3.05, 3.63) is 95.2 Å². The van der Waals surface area contributed by atoms with Crippen molar-refractivity contribution in [2.24, 2.45) is 0 Å². The van der Waals surface area contributed by atoms with Crippen LogP contribution in [0.25, 0.3) is 10.9 Å². The van der Waals surface area contributed by atoms with Crippen LogP contribution < -0.4 is 9.47 Å². The van der Waals surface area contributed by atoms with Crippen LogP contribution >= 0.6 is 0 Å². The van der Waals surface area contributed by atoms with Crippen molar-refractivity contribution >= 4 is 16.8 Å². The van der Waals surface area contributed by atoms with Crippen LogP contribution in [-0.2, 0) is 6.54 Å². The molecule has 1 N–H and O–H groups in total. The van der Waals surface area contributed by atoms with Crippen molar-refractivity contribution in [3.63, 3.8) is 0 Å². The molecule has 0 saturated carbocycles. The maximum absolute atomic E-state index is 13.3. The number of aromatic amines is 1. The minimum Gasteiger partial charge on any atom is -0.454 e. The van der Waals surface area contributed by atoms with E-state index in [1.165, 1.54) is 0 Å². The van der Waals surface area contributed by atoms with Crippen molar-refractivity contribution in [1.29, 1.82) is 0 Å². The number of H-pyrrole nitrogens is 1. The maximum atomic E-state index is 13.3. The highest BCUT2D eigenvalue weighted by Gasteiger charge is 2.38. The molecule has 0 saturated heterocycles. The van der Waals surface area contributed by atoms with Gasteiger partial charge in [-0.25, -0.2) is 0 Å². The number of para-hydroxylation sites is 1. The molecule has 0 bridgehead atoms. The van der Waals surface area contributed by atoms with E-state index in [4.69, 9.17) is 9.47 Å². The van der Waals surface area contributed by atoms with Gasteiger partial charge in [-0.15, -0.1) is 0 Å². The Bertz CT molecular complexity index is 1260. The van der Waals surface area contributed by atoms with Gasteiger partial charge in [0, 0.05) is 34.8 Å². The van der Waals surface area contributed by atoms with Gasteiger partial charge >= 0.3 is 0 Å². The molecule has 142 valence electrons. The lowest BCUT2D eigenvalue weighted by Crippen LogP contribution is -2.28. The Morgan fingerprint density at radius 1 is 0.931 bits per heavy atom. The summed E-state index contributed by atoms with van der Waals surface area (Å²) in [5.41, 5.74) is 5.01. The third-order valence-corrected chi connectivity index (χ3v) is 5.76. The lowest BCUT2D eigenvalue weighted by molar-refractivity contribution is 0.0736. The molecule has 5 nitrogen and oxygen atoms in total. The Hall–Kier alpha value is -3.73. The molecule has 1 atom stereocenters. The molecule has 0 spiro atoms. The summed E-state index contributed by atoms with van der Waals surface area (Å²) in [4.78, 5) is 18.6. The largest absolute Gasteiger partial charge is 0.454 e. The Balaban J connectivity index is 1.46. The molecule has 0 radical (unpaired) electrons. The molecular weight excluding hydrogens is 364 g/mol. The summed E-state index contributed by atoms with van der Waals surface area (Å²) in [6.45, 7) is 0.735. The monoisotopic (exact) mass is 382 g/mol. The summed E-state index contributed by atoms with van der Waals surface area (Å²) in [6, 6.07) is 21.8. The van der Waals surface area contributed by atoms with E-state index in [0.717, 1.165) is 44.7 Å². The lowest BCUT2D eigenvalue weighted by Gasteiger charge is -2.25. The molecule has 2 aliphatic rings. The highest BCUT2D eigenvalue weighted by molar-refractivity contribution is 6.00. The average molecular weight is 382 g/mol. The van der Waals surface area contributed by atoms with Gasteiger partial charge in [0.2, 0.25) is 6.79 Å². The Morgan fingerprint density at radius 2 is 1.76 bits per heavy atom. The number of ether oxygens (including phenoxy) is 2. The zero-order chi connectivity index (χ0) is 19.4. The molecule has 5 heteroatoms. The number of carbonyl (C=O) groups is 1. The van der Waals surface area contributed by atoms with Crippen LogP contribution in [0.15, 0.2) is 72.9 Å². The molecule has 1 amide bonds. The fourth-order valence-corrected chi connectivity index (χ4v) is 4.42. The van der Waals surface area contributed by atoms with E-state index in [2.05, 4.69) is 23.2 Å². The predicted octanol–water partition coefficient (Wildman–Crippen LogP) is 4.64. The molecule has 0 aliphatic carbocycles. The summed E-state index contributed by atoms with van der Waals surface area (Å²) >= 11 is 0. The number of benzene rings is 3. The van der Waals surface area contributed by atoms with Crippen LogP contribution in [0.3, 0.4) is 0 Å². The lowest BCUT2D eigenvalue weighted by atomic mass is 9.97. The Kier molecular flexibility index (Phi) is 3.44. The summed E-state index contributed by atoms with van der Waals surface area (Å²) in [5, 5.41) is 1.14. The second-order valence-corrected chi connectivity index (χ2v) is 7.40. The standard InChI is InChI=1S/C24H18N2O3/c27-24-18-7-2-1-6-17(18)23(19-12-25-20-8-4-3-5-16(19)20)26(24)13-15-9-10-21-22(11-15)29-14-28-21/h1-12,23,25H,13-14H2. The fraction of sp³-hybridized carbons (Fsp3) is 0.125. The smallest absolute Gasteiger partial charge is 0.255 e. The SMILES string of the molecule is O=C1c2ccccc2C(c2c[nH]c3ccccc23)N1Cc1ccc2c(c1)OCO2. The second-order valence-electron chi connectivity index (χ2n) is 7.40. The molecule has 6 rings (SSSR count). The topological polar surface area (TPSA) is 54.6 Å². The van der Waals surface area contributed by atoms with Gasteiger partial charge in [-0.1, -0.05) is 42.5 Å². The van der Waals surface area contributed by atoms with Crippen LogP contribution in [0, 0.1) is 0 Å². The highest BCUT2D eigenvalue weighted by atomic mass is 16.7. The van der Waals surface area contributed by atoms with Gasteiger partial charge in [0.1, 0.15) is 0 Å². The van der Waals surface area contributed by atoms with E-state index >= 15 is 0 Å². The first-order valence-electron chi connectivity index (χ1n) is 9.64. The molecule has 2 aliphatic heterocycles. The van der Waals surface area contributed by atoms with Gasteiger partial charge in [0.25, 0.3) is 5.91 Å². The van der Waals surface area contributed by atoms with Crippen molar-refractivity contribution in [2.45, 2.75) is 12.6 Å². The van der Waals surface area contributed by atoms with E-state index < -0.39 is 0 Å². The van der Waals surface area contributed by atoms with Gasteiger partial charge in [-0.05, 0) is 35.4 Å². The first kappa shape index (κ1) is 16.2. The molecule has 3 heterocycles. The number of nitrogens with zero attached hydrogens (tertiary/aromatic N) is 1. The summed E-state index contributed by atoms with van der Waals surface area (Å²) < 4.78 is 10.9. The predicted molar refractivity (Wildman–Crippen MR) is 109 cm³/mol. The second kappa shape index (κ2) is 6.14. The highest BCUT2D eigenvalue weighted by Crippen LogP contribution is 2.42. The van der Waals surface area contributed by atoms with E-state index in [0.29, 0.717) is 6.54 Å². The Labute approximate surface area is 167 Å². The van der Waals surface area contributed by atoms with Gasteiger partial charge < -0.3 is 19.4 Å². The molecular formula is C24H18N2O3. The molecule has 1 aromatic heterocycles. The van der Waals surface area contributed by atoms with Crippen LogP contribution in [-0.4, -0.2) is 22.6 Å². The number of amides is 1. The molecule has 0 fully saturated rings. The molecule has 4 aromatic rings. The number of carbonyl (C=O) groups excluding carboxylic acids is 1. The van der Waals surface area contributed by atoms with Crippen molar-refractivity contribution in [2.75, 3.05) is 6.79 Å². The summed E-state index contributed by atoms with van der Waals surface area (Å²) in [5.74, 6) is 1.53. The number of fused-ring (bicyclic) bond motifs is 3. The quantitative estimate of drug-likeness (QED) is 0.562. The van der Waals surface area contributed by atoms with Crippen molar-refractivity contribution in [1.82, 2.24) is 9.88 Å². The zero-order valence-electron chi connectivity index (χ0n) is 15.6. The third-order valence-electron chi connectivity index (χ3n) is 5.76. The number of rotatable bonds is 3. The van der Waals surface area contributed by atoms with Gasteiger partial charge in [-0.2, -0.15) is 0 Å². The summed E-state index contributed by atoms with van der Waals surface area (Å²) in [7, 11) is 0. The third kappa shape index (κ3) is 2.44. The van der Waals surface area contributed by atoms with Gasteiger partial charge in [0.15, 0.2) is 11.5 Å². The number of hydrogen-bond acceptors (Lipinski definition) is 3. The average Bonchev–Trinajstić information content (AvgIpc) is 3.45. The molecule has 3 aromatic carbocycles. The van der Waals surface area contributed by atoms with Crippen LogP contribution in [0.1, 0.15) is 33.1 Å². The van der Waals surface area contributed by atoms with E-state index in [-0.39, 0.29) is 18.7 Å².